The third-order valence-electron chi connectivity index (χ3n) is 11.0. The fraction of sp³-hybridized carbons (Fsp3) is 0.240. The van der Waals surface area contributed by atoms with Crippen LogP contribution in [0, 0.1) is 0 Å². The molecule has 58 heavy (non-hydrogen) atoms. The highest BCUT2D eigenvalue weighted by atomic mass is 32.1. The molecule has 0 aliphatic carbocycles. The molecule has 8 heteroatoms. The van der Waals surface area contributed by atoms with Gasteiger partial charge in [-0.15, -0.1) is 90.7 Å². The van der Waals surface area contributed by atoms with Crippen LogP contribution in [0.1, 0.15) is 74.9 Å². The Kier molecular flexibility index (Phi) is 12.1. The first-order valence-corrected chi connectivity index (χ1v) is 27.0. The zero-order valence-electron chi connectivity index (χ0n) is 33.7. The van der Waals surface area contributed by atoms with Gasteiger partial charge in [0.15, 0.2) is 0 Å². The van der Waals surface area contributed by atoms with E-state index in [1.54, 1.807) is 0 Å². The number of hydrogen-bond acceptors (Lipinski definition) is 8. The molecule has 0 fully saturated rings. The second kappa shape index (κ2) is 17.4. The molecule has 0 aliphatic heterocycles. The zero-order valence-corrected chi connectivity index (χ0v) is 40.3. The molecule has 0 radical (unpaired) electrons. The van der Waals surface area contributed by atoms with E-state index in [1.165, 1.54) is 113 Å². The van der Waals surface area contributed by atoms with Crippen LogP contribution in [0.4, 0.5) is 0 Å². The lowest BCUT2D eigenvalue weighted by Crippen LogP contribution is -1.78. The molecular weight excluding hydrogens is 857 g/mol. The van der Waals surface area contributed by atoms with E-state index in [2.05, 4.69) is 137 Å². The number of hydrogen-bond donors (Lipinski definition) is 0. The van der Waals surface area contributed by atoms with Gasteiger partial charge in [0.2, 0.25) is 0 Å². The summed E-state index contributed by atoms with van der Waals surface area (Å²) >= 11 is 15.6. The van der Waals surface area contributed by atoms with E-state index in [9.17, 15) is 0 Å². The summed E-state index contributed by atoms with van der Waals surface area (Å²) in [6.07, 6.45) is 6.36. The molecule has 0 amide bonds. The lowest BCUT2D eigenvalue weighted by Gasteiger charge is -2.02. The minimum Gasteiger partial charge on any atom is -0.143 e. The van der Waals surface area contributed by atoms with E-state index in [4.69, 9.17) is 0 Å². The summed E-state index contributed by atoms with van der Waals surface area (Å²) in [5, 5.41) is 4.49. The van der Waals surface area contributed by atoms with Gasteiger partial charge in [0.25, 0.3) is 0 Å². The minimum atomic E-state index is 1.04. The van der Waals surface area contributed by atoms with Crippen molar-refractivity contribution in [1.29, 1.82) is 0 Å². The highest BCUT2D eigenvalue weighted by molar-refractivity contribution is 7.30. The maximum Gasteiger partial charge on any atom is 0.0481 e. The molecule has 0 unspecified atom stereocenters. The van der Waals surface area contributed by atoms with Crippen LogP contribution in [0.15, 0.2) is 95.7 Å². The van der Waals surface area contributed by atoms with Gasteiger partial charge in [0.05, 0.1) is 0 Å². The molecule has 8 aromatic heterocycles. The molecule has 0 aliphatic rings. The minimum absolute atomic E-state index is 1.04. The van der Waals surface area contributed by atoms with Crippen LogP contribution >= 0.6 is 90.7 Å². The fourth-order valence-corrected chi connectivity index (χ4v) is 17.6. The Morgan fingerprint density at radius 1 is 0.276 bits per heavy atom. The molecule has 1 aromatic carbocycles. The average Bonchev–Trinajstić information content (AvgIpc) is 4.11. The van der Waals surface area contributed by atoms with Gasteiger partial charge in [-0.05, 0) is 154 Å². The van der Waals surface area contributed by atoms with Crippen LogP contribution in [-0.4, -0.2) is 0 Å². The van der Waals surface area contributed by atoms with Gasteiger partial charge >= 0.3 is 0 Å². The van der Waals surface area contributed by atoms with E-state index in [1.807, 2.05) is 90.7 Å². The summed E-state index contributed by atoms with van der Waals surface area (Å²) in [7, 11) is 0. The van der Waals surface area contributed by atoms with E-state index >= 15 is 0 Å². The first kappa shape index (κ1) is 40.2. The molecule has 0 bridgehead atoms. The molecule has 294 valence electrons. The quantitative estimate of drug-likeness (QED) is 0.102. The summed E-state index contributed by atoms with van der Waals surface area (Å²) in [4.78, 5) is 19.8. The average molecular weight is 903 g/mol. The number of benzene rings is 1. The highest BCUT2D eigenvalue weighted by Gasteiger charge is 2.21. The Labute approximate surface area is 375 Å². The highest BCUT2D eigenvalue weighted by Crippen LogP contribution is 2.50. The van der Waals surface area contributed by atoms with Gasteiger partial charge in [-0.3, -0.25) is 0 Å². The third kappa shape index (κ3) is 7.58. The van der Waals surface area contributed by atoms with Crippen molar-refractivity contribution >= 4 is 90.7 Å². The number of thiophene rings is 8. The standard InChI is InChI=1S/C50H46S8/c1-7-29-21-23-51-45(29)41-25-33(11-5)49(55-41)43-27-31(9-3)47(57-43)39-19-17-37(53-39)35-13-15-36(16-14-35)38-18-20-40(54-38)48-32(10-4)28-44(58-48)50-34(12-6)26-42(56-50)46-30(8-2)22-24-52-46/h13-28H,7-12H2,1-6H3. The summed E-state index contributed by atoms with van der Waals surface area (Å²) in [6.45, 7) is 13.7. The summed E-state index contributed by atoms with van der Waals surface area (Å²) in [5.41, 5.74) is 11.4. The number of rotatable bonds is 14. The molecule has 0 N–H and O–H groups in total. The fourth-order valence-electron chi connectivity index (χ4n) is 7.74. The second-order valence-electron chi connectivity index (χ2n) is 14.4. The van der Waals surface area contributed by atoms with Crippen LogP contribution in [0.5, 0.6) is 0 Å². The molecule has 0 saturated heterocycles. The third-order valence-corrected chi connectivity index (χ3v) is 21.0. The van der Waals surface area contributed by atoms with Crippen molar-refractivity contribution < 1.29 is 0 Å². The van der Waals surface area contributed by atoms with Crippen molar-refractivity contribution in [3.63, 3.8) is 0 Å². The Morgan fingerprint density at radius 2 is 0.569 bits per heavy atom. The predicted molar refractivity (Wildman–Crippen MR) is 269 cm³/mol. The lowest BCUT2D eigenvalue weighted by atomic mass is 10.1. The summed E-state index contributed by atoms with van der Waals surface area (Å²) in [6, 6.07) is 33.1. The largest absolute Gasteiger partial charge is 0.143 e. The molecule has 9 aromatic rings. The Morgan fingerprint density at radius 3 is 0.897 bits per heavy atom. The maximum atomic E-state index is 2.47. The molecule has 0 spiro atoms. The van der Waals surface area contributed by atoms with Crippen molar-refractivity contribution in [2.75, 3.05) is 0 Å². The molecule has 9 rings (SSSR count). The van der Waals surface area contributed by atoms with Crippen molar-refractivity contribution in [2.24, 2.45) is 0 Å². The monoisotopic (exact) mass is 902 g/mol. The van der Waals surface area contributed by atoms with Gasteiger partial charge in [-0.25, -0.2) is 0 Å². The van der Waals surface area contributed by atoms with Crippen LogP contribution in [0.2, 0.25) is 0 Å². The smallest absolute Gasteiger partial charge is 0.0481 e. The van der Waals surface area contributed by atoms with Gasteiger partial charge in [0.1, 0.15) is 0 Å². The molecule has 0 atom stereocenters. The Bertz CT molecular complexity index is 2620. The summed E-state index contributed by atoms with van der Waals surface area (Å²) < 4.78 is 0. The SMILES string of the molecule is CCc1ccsc1-c1cc(CC)c(-c2cc(CC)c(-c3ccc(-c4ccc(-c5ccc(-c6sc(-c7sc(-c8sccc8CC)cc7CC)cc6CC)s5)cc4)s3)s2)s1. The van der Waals surface area contributed by atoms with E-state index in [0.717, 1.165) is 38.5 Å². The topological polar surface area (TPSA) is 0 Å². The van der Waals surface area contributed by atoms with Gasteiger partial charge in [0, 0.05) is 68.3 Å². The predicted octanol–water partition coefficient (Wildman–Crippen LogP) is 18.9. The van der Waals surface area contributed by atoms with Gasteiger partial charge in [-0.2, -0.15) is 0 Å². The maximum absolute atomic E-state index is 2.47. The molecule has 0 nitrogen and oxygen atoms in total. The van der Waals surface area contributed by atoms with E-state index < -0.39 is 0 Å². The lowest BCUT2D eigenvalue weighted by molar-refractivity contribution is 1.15. The summed E-state index contributed by atoms with van der Waals surface area (Å²) in [5.74, 6) is 0. The Hall–Kier alpha value is -3.18. The zero-order chi connectivity index (χ0) is 39.9. The molecular formula is C50H46S8. The van der Waals surface area contributed by atoms with Crippen molar-refractivity contribution in [2.45, 2.75) is 80.1 Å². The van der Waals surface area contributed by atoms with Crippen LogP contribution in [0.3, 0.4) is 0 Å². The van der Waals surface area contributed by atoms with Gasteiger partial charge < -0.3 is 0 Å². The van der Waals surface area contributed by atoms with E-state index in [-0.39, 0.29) is 0 Å². The molecule has 0 saturated carbocycles. The van der Waals surface area contributed by atoms with Crippen LogP contribution < -0.4 is 0 Å². The Balaban J connectivity index is 0.950. The van der Waals surface area contributed by atoms with Gasteiger partial charge in [-0.1, -0.05) is 65.8 Å². The van der Waals surface area contributed by atoms with Crippen LogP contribution in [-0.2, 0) is 38.5 Å². The van der Waals surface area contributed by atoms with E-state index in [0.29, 0.717) is 0 Å². The molecule has 8 heterocycles. The van der Waals surface area contributed by atoms with Crippen LogP contribution in [0.25, 0.3) is 79.4 Å². The van der Waals surface area contributed by atoms with Crippen molar-refractivity contribution in [1.82, 2.24) is 0 Å². The van der Waals surface area contributed by atoms with Crippen molar-refractivity contribution in [3.8, 4) is 79.4 Å². The normalized spacial score (nSPS) is 11.7. The second-order valence-corrected chi connectivity index (χ2v) is 22.6. The first-order valence-electron chi connectivity index (χ1n) is 20.4. The first-order chi connectivity index (χ1) is 28.4. The van der Waals surface area contributed by atoms with Crippen molar-refractivity contribution in [3.05, 3.63) is 129 Å². The number of aryl methyl sites for hydroxylation is 6.